The second-order valence-electron chi connectivity index (χ2n) is 6.05. The molecule has 1 unspecified atom stereocenters. The molecule has 30 heavy (non-hydrogen) atoms. The zero-order valence-electron chi connectivity index (χ0n) is 17.0. The molecule has 2 aromatic rings. The summed E-state index contributed by atoms with van der Waals surface area (Å²) < 4.78 is 11.3. The molecule has 0 fully saturated rings. The Hall–Kier alpha value is -3.28. The van der Waals surface area contributed by atoms with Gasteiger partial charge >= 0.3 is 17.6 Å². The number of ether oxygens (including phenoxy) is 2. The average Bonchev–Trinajstić information content (AvgIpc) is 3.28. The number of hydrogen-bond acceptors (Lipinski definition) is 9. The maximum atomic E-state index is 12.9. The van der Waals surface area contributed by atoms with Gasteiger partial charge in [-0.05, 0) is 32.8 Å². The summed E-state index contributed by atoms with van der Waals surface area (Å²) in [5.41, 5.74) is 0.166. The highest BCUT2D eigenvalue weighted by atomic mass is 32.1. The van der Waals surface area contributed by atoms with Gasteiger partial charge in [-0.2, -0.15) is 5.10 Å². The van der Waals surface area contributed by atoms with E-state index in [0.29, 0.717) is 5.56 Å². The summed E-state index contributed by atoms with van der Waals surface area (Å²) in [6, 6.07) is -0.859. The first kappa shape index (κ1) is 23.0. The molecule has 162 valence electrons. The first-order valence-electron chi connectivity index (χ1n) is 9.22. The molecule has 0 aliphatic rings. The second kappa shape index (κ2) is 9.96. The minimum Gasteiger partial charge on any atom is -0.462 e. The van der Waals surface area contributed by atoms with Crippen molar-refractivity contribution in [3.8, 4) is 0 Å². The van der Waals surface area contributed by atoms with E-state index in [-0.39, 0.29) is 40.8 Å². The van der Waals surface area contributed by atoms with E-state index in [1.807, 2.05) is 0 Å². The molecule has 0 saturated carbocycles. The van der Waals surface area contributed by atoms with Crippen LogP contribution in [0.25, 0.3) is 0 Å². The van der Waals surface area contributed by atoms with E-state index in [9.17, 15) is 24.5 Å². The summed E-state index contributed by atoms with van der Waals surface area (Å²) in [7, 11) is 0. The van der Waals surface area contributed by atoms with Crippen LogP contribution in [0, 0.1) is 17.0 Å². The van der Waals surface area contributed by atoms with Crippen molar-refractivity contribution < 1.29 is 28.8 Å². The van der Waals surface area contributed by atoms with Crippen molar-refractivity contribution in [3.63, 3.8) is 0 Å². The number of carbonyl (C=O) groups excluding carboxylic acids is 3. The topological polar surface area (TPSA) is 143 Å². The average molecular weight is 438 g/mol. The van der Waals surface area contributed by atoms with Crippen LogP contribution in [0.4, 0.5) is 10.7 Å². The number of carbonyl (C=O) groups is 3. The van der Waals surface area contributed by atoms with Crippen LogP contribution < -0.4 is 5.32 Å². The third-order valence-corrected chi connectivity index (χ3v) is 5.32. The van der Waals surface area contributed by atoms with Crippen LogP contribution in [0.5, 0.6) is 0 Å². The number of nitrogens with one attached hydrogen (secondary N) is 1. The molecule has 1 amide bonds. The highest BCUT2D eigenvalue weighted by molar-refractivity contribution is 7.18. The molecule has 0 spiro atoms. The van der Waals surface area contributed by atoms with E-state index in [4.69, 9.17) is 9.47 Å². The molecular weight excluding hydrogens is 416 g/mol. The Bertz CT molecular complexity index is 966. The molecule has 0 saturated heterocycles. The summed E-state index contributed by atoms with van der Waals surface area (Å²) in [4.78, 5) is 48.0. The lowest BCUT2D eigenvalue weighted by atomic mass is 10.1. The Morgan fingerprint density at radius 2 is 1.87 bits per heavy atom. The van der Waals surface area contributed by atoms with Gasteiger partial charge in [0, 0.05) is 0 Å². The van der Waals surface area contributed by atoms with Gasteiger partial charge in [-0.1, -0.05) is 6.92 Å². The molecule has 0 bridgehead atoms. The van der Waals surface area contributed by atoms with Gasteiger partial charge in [0.25, 0.3) is 0 Å². The van der Waals surface area contributed by atoms with E-state index in [0.717, 1.165) is 23.7 Å². The number of rotatable bonds is 9. The van der Waals surface area contributed by atoms with Crippen LogP contribution in [0.15, 0.2) is 12.4 Å². The highest BCUT2D eigenvalue weighted by Gasteiger charge is 2.29. The molecule has 2 rings (SSSR count). The Balaban J connectivity index is 2.39. The zero-order chi connectivity index (χ0) is 22.4. The molecule has 1 atom stereocenters. The summed E-state index contributed by atoms with van der Waals surface area (Å²) >= 11 is 0.905. The van der Waals surface area contributed by atoms with E-state index in [1.54, 1.807) is 27.7 Å². The molecule has 1 N–H and O–H groups in total. The number of anilines is 1. The summed E-state index contributed by atoms with van der Waals surface area (Å²) in [5.74, 6) is -1.83. The van der Waals surface area contributed by atoms with Crippen molar-refractivity contribution in [2.45, 2.75) is 40.2 Å². The lowest BCUT2D eigenvalue weighted by Gasteiger charge is -2.15. The minimum absolute atomic E-state index is 0.0690. The maximum absolute atomic E-state index is 12.9. The van der Waals surface area contributed by atoms with Crippen LogP contribution in [0.2, 0.25) is 0 Å². The van der Waals surface area contributed by atoms with E-state index in [2.05, 4.69) is 10.4 Å². The van der Waals surface area contributed by atoms with Crippen molar-refractivity contribution in [2.75, 3.05) is 18.5 Å². The van der Waals surface area contributed by atoms with Crippen LogP contribution in [-0.2, 0) is 14.3 Å². The van der Waals surface area contributed by atoms with Crippen LogP contribution >= 0.6 is 11.3 Å². The van der Waals surface area contributed by atoms with Crippen molar-refractivity contribution in [3.05, 3.63) is 38.5 Å². The quantitative estimate of drug-likeness (QED) is 0.357. The van der Waals surface area contributed by atoms with Crippen molar-refractivity contribution in [2.24, 2.45) is 0 Å². The molecule has 0 radical (unpaired) electrons. The van der Waals surface area contributed by atoms with E-state index in [1.165, 1.54) is 4.68 Å². The lowest BCUT2D eigenvalue weighted by molar-refractivity contribution is -0.385. The molecule has 11 nitrogen and oxygen atoms in total. The molecule has 2 aromatic heterocycles. The summed E-state index contributed by atoms with van der Waals surface area (Å²) in [6.07, 6.45) is 2.49. The Morgan fingerprint density at radius 1 is 1.23 bits per heavy atom. The maximum Gasteiger partial charge on any atom is 0.348 e. The van der Waals surface area contributed by atoms with Crippen molar-refractivity contribution in [1.82, 2.24) is 9.78 Å². The van der Waals surface area contributed by atoms with Gasteiger partial charge in [0.2, 0.25) is 5.91 Å². The number of aromatic nitrogens is 2. The predicted molar refractivity (Wildman–Crippen MR) is 108 cm³/mol. The standard InChI is InChI=1S/C18H22N4O7S/c1-5-12(21-9-11(8-19-21)22(26)27)15(23)20-16-13(17(24)28-6-2)10(4)14(30-16)18(25)29-7-3/h8-9,12H,5-7H2,1-4H3,(H,20,23). The van der Waals surface area contributed by atoms with Crippen LogP contribution in [-0.4, -0.2) is 45.8 Å². The van der Waals surface area contributed by atoms with Gasteiger partial charge in [0.1, 0.15) is 28.3 Å². The van der Waals surface area contributed by atoms with Crippen molar-refractivity contribution >= 4 is 39.9 Å². The van der Waals surface area contributed by atoms with Gasteiger partial charge in [-0.3, -0.25) is 19.6 Å². The first-order valence-corrected chi connectivity index (χ1v) is 10.0. The molecule has 0 aromatic carbocycles. The molecule has 0 aliphatic heterocycles. The molecule has 12 heteroatoms. The molecule has 2 heterocycles. The number of esters is 2. The third-order valence-electron chi connectivity index (χ3n) is 4.13. The van der Waals surface area contributed by atoms with Gasteiger partial charge in [0.05, 0.1) is 23.7 Å². The minimum atomic E-state index is -0.859. The summed E-state index contributed by atoms with van der Waals surface area (Å²) in [5, 5.41) is 17.5. The third kappa shape index (κ3) is 4.82. The second-order valence-corrected chi connectivity index (χ2v) is 7.07. The van der Waals surface area contributed by atoms with E-state index < -0.39 is 28.8 Å². The number of nitro groups is 1. The number of thiophene rings is 1. The Kier molecular flexibility index (Phi) is 7.64. The van der Waals surface area contributed by atoms with Crippen LogP contribution in [0.1, 0.15) is 58.8 Å². The first-order chi connectivity index (χ1) is 14.2. The van der Waals surface area contributed by atoms with E-state index >= 15 is 0 Å². The summed E-state index contributed by atoms with van der Waals surface area (Å²) in [6.45, 7) is 6.85. The lowest BCUT2D eigenvalue weighted by Crippen LogP contribution is -2.26. The number of hydrogen-bond donors (Lipinski definition) is 1. The largest absolute Gasteiger partial charge is 0.462 e. The zero-order valence-corrected chi connectivity index (χ0v) is 17.8. The number of nitrogens with zero attached hydrogens (tertiary/aromatic N) is 3. The Labute approximate surface area is 176 Å². The monoisotopic (exact) mass is 438 g/mol. The van der Waals surface area contributed by atoms with Crippen molar-refractivity contribution in [1.29, 1.82) is 0 Å². The van der Waals surface area contributed by atoms with Gasteiger partial charge in [-0.15, -0.1) is 11.3 Å². The fourth-order valence-corrected chi connectivity index (χ4v) is 3.81. The molecule has 0 aliphatic carbocycles. The highest BCUT2D eigenvalue weighted by Crippen LogP contribution is 2.35. The fraction of sp³-hybridized carbons (Fsp3) is 0.444. The number of amides is 1. The predicted octanol–water partition coefficient (Wildman–Crippen LogP) is 3.10. The van der Waals surface area contributed by atoms with Gasteiger partial charge in [-0.25, -0.2) is 9.59 Å². The smallest absolute Gasteiger partial charge is 0.348 e. The normalized spacial score (nSPS) is 11.6. The SMILES string of the molecule is CCOC(=O)c1sc(NC(=O)C(CC)n2cc([N+](=O)[O-])cn2)c(C(=O)OCC)c1C. The van der Waals surface area contributed by atoms with Gasteiger partial charge in [0.15, 0.2) is 0 Å². The molecular formula is C18H22N4O7S. The Morgan fingerprint density at radius 3 is 2.40 bits per heavy atom. The van der Waals surface area contributed by atoms with Gasteiger partial charge < -0.3 is 14.8 Å². The fourth-order valence-electron chi connectivity index (χ4n) is 2.72. The van der Waals surface area contributed by atoms with Crippen LogP contribution in [0.3, 0.4) is 0 Å².